The molecule has 7 heteroatoms. The Kier molecular flexibility index (Phi) is 4.01. The first-order valence-corrected chi connectivity index (χ1v) is 8.78. The van der Waals surface area contributed by atoms with Gasteiger partial charge in [-0.25, -0.2) is 9.07 Å². The first kappa shape index (κ1) is 16.8. The zero-order valence-corrected chi connectivity index (χ0v) is 14.4. The molecular weight excluding hydrogens is 337 g/mol. The molecule has 2 aliphatic rings. The van der Waals surface area contributed by atoms with Crippen LogP contribution in [0.25, 0.3) is 5.69 Å². The Morgan fingerprint density at radius 2 is 1.88 bits per heavy atom. The molecule has 0 spiro atoms. The van der Waals surface area contributed by atoms with Crippen molar-refractivity contribution in [2.75, 3.05) is 13.1 Å². The summed E-state index contributed by atoms with van der Waals surface area (Å²) in [7, 11) is 0. The Morgan fingerprint density at radius 3 is 2.50 bits per heavy atom. The lowest BCUT2D eigenvalue weighted by Crippen LogP contribution is -2.30. The highest BCUT2D eigenvalue weighted by Crippen LogP contribution is 2.44. The van der Waals surface area contributed by atoms with Crippen molar-refractivity contribution in [2.24, 2.45) is 17.8 Å². The number of aromatic nitrogens is 2. The van der Waals surface area contributed by atoms with Crippen molar-refractivity contribution in [3.63, 3.8) is 0 Å². The van der Waals surface area contributed by atoms with Crippen molar-refractivity contribution < 1.29 is 19.1 Å². The van der Waals surface area contributed by atoms with E-state index in [2.05, 4.69) is 5.10 Å². The maximum absolute atomic E-state index is 13.1. The third kappa shape index (κ3) is 2.87. The number of aliphatic carboxylic acids is 1. The van der Waals surface area contributed by atoms with E-state index in [1.807, 2.05) is 0 Å². The minimum Gasteiger partial charge on any atom is -0.481 e. The van der Waals surface area contributed by atoms with E-state index in [9.17, 15) is 19.1 Å². The summed E-state index contributed by atoms with van der Waals surface area (Å²) in [6, 6.07) is 5.89. The third-order valence-electron chi connectivity index (χ3n) is 5.51. The minimum atomic E-state index is -0.823. The Labute approximate surface area is 150 Å². The fraction of sp³-hybridized carbons (Fsp3) is 0.421. The van der Waals surface area contributed by atoms with Crippen LogP contribution < -0.4 is 0 Å². The highest BCUT2D eigenvalue weighted by Gasteiger charge is 2.47. The molecule has 1 aromatic heterocycles. The van der Waals surface area contributed by atoms with Gasteiger partial charge in [0.25, 0.3) is 5.91 Å². The van der Waals surface area contributed by atoms with E-state index in [0.29, 0.717) is 29.4 Å². The van der Waals surface area contributed by atoms with Gasteiger partial charge < -0.3 is 10.0 Å². The van der Waals surface area contributed by atoms with E-state index in [0.717, 1.165) is 12.8 Å². The summed E-state index contributed by atoms with van der Waals surface area (Å²) in [5.41, 5.74) is 1.78. The van der Waals surface area contributed by atoms with Crippen molar-refractivity contribution in [1.82, 2.24) is 14.7 Å². The number of halogens is 1. The van der Waals surface area contributed by atoms with Gasteiger partial charge in [0.2, 0.25) is 0 Å². The summed E-state index contributed by atoms with van der Waals surface area (Å²) in [6.07, 6.45) is 3.61. The van der Waals surface area contributed by atoms with Crippen molar-refractivity contribution >= 4 is 11.9 Å². The monoisotopic (exact) mass is 357 g/mol. The van der Waals surface area contributed by atoms with Crippen LogP contribution in [0.1, 0.15) is 28.9 Å². The van der Waals surface area contributed by atoms with Gasteiger partial charge in [-0.3, -0.25) is 9.59 Å². The van der Waals surface area contributed by atoms with Gasteiger partial charge in [0.15, 0.2) is 0 Å². The molecule has 1 saturated carbocycles. The summed E-state index contributed by atoms with van der Waals surface area (Å²) >= 11 is 0. The molecule has 26 heavy (non-hydrogen) atoms. The quantitative estimate of drug-likeness (QED) is 0.912. The maximum Gasteiger partial charge on any atom is 0.308 e. The van der Waals surface area contributed by atoms with Gasteiger partial charge in [-0.15, -0.1) is 0 Å². The number of benzene rings is 1. The second-order valence-electron chi connectivity index (χ2n) is 7.19. The smallest absolute Gasteiger partial charge is 0.308 e. The number of rotatable bonds is 4. The van der Waals surface area contributed by atoms with Gasteiger partial charge in [0.05, 0.1) is 29.1 Å². The normalized spacial score (nSPS) is 22.6. The van der Waals surface area contributed by atoms with Crippen LogP contribution in [0.5, 0.6) is 0 Å². The predicted molar refractivity (Wildman–Crippen MR) is 91.5 cm³/mol. The molecule has 2 atom stereocenters. The molecule has 1 aliphatic heterocycles. The van der Waals surface area contributed by atoms with Crippen LogP contribution >= 0.6 is 0 Å². The largest absolute Gasteiger partial charge is 0.481 e. The topological polar surface area (TPSA) is 75.4 Å². The van der Waals surface area contributed by atoms with E-state index in [1.54, 1.807) is 28.6 Å². The zero-order valence-electron chi connectivity index (χ0n) is 14.4. The van der Waals surface area contributed by atoms with Gasteiger partial charge in [-0.1, -0.05) is 0 Å². The lowest BCUT2D eigenvalue weighted by Gasteiger charge is -2.16. The number of carbonyl (C=O) groups is 2. The molecular formula is C19H20FN3O3. The number of carbonyl (C=O) groups excluding carboxylic acids is 1. The number of hydrogen-bond acceptors (Lipinski definition) is 3. The van der Waals surface area contributed by atoms with E-state index in [-0.39, 0.29) is 24.2 Å². The second-order valence-corrected chi connectivity index (χ2v) is 7.19. The predicted octanol–water partition coefficient (Wildman–Crippen LogP) is 2.50. The summed E-state index contributed by atoms with van der Waals surface area (Å²) in [5, 5.41) is 13.7. The Balaban J connectivity index is 1.57. The van der Waals surface area contributed by atoms with Crippen molar-refractivity contribution in [2.45, 2.75) is 19.8 Å². The molecule has 136 valence electrons. The molecule has 2 heterocycles. The number of carboxylic acids is 1. The molecule has 1 amide bonds. The molecule has 1 aromatic carbocycles. The molecule has 0 unspecified atom stereocenters. The Morgan fingerprint density at radius 1 is 1.19 bits per heavy atom. The SMILES string of the molecule is Cc1c(C(=O)N2C[C@H](C(=O)O)[C@@H](C3CC3)C2)cnn1-c1ccc(F)cc1. The van der Waals surface area contributed by atoms with E-state index < -0.39 is 11.9 Å². The molecule has 1 aliphatic carbocycles. The summed E-state index contributed by atoms with van der Waals surface area (Å²) < 4.78 is 14.7. The highest BCUT2D eigenvalue weighted by atomic mass is 19.1. The number of carboxylic acid groups (broad SMARTS) is 1. The van der Waals surface area contributed by atoms with E-state index in [4.69, 9.17) is 0 Å². The highest BCUT2D eigenvalue weighted by molar-refractivity contribution is 5.95. The number of likely N-dealkylation sites (tertiary alicyclic amines) is 1. The summed E-state index contributed by atoms with van der Waals surface area (Å²) in [5.74, 6) is -1.36. The molecule has 0 radical (unpaired) electrons. The fourth-order valence-electron chi connectivity index (χ4n) is 3.89. The zero-order chi connectivity index (χ0) is 18.4. The van der Waals surface area contributed by atoms with Crippen LogP contribution in [0, 0.1) is 30.5 Å². The van der Waals surface area contributed by atoms with Gasteiger partial charge >= 0.3 is 5.97 Å². The first-order chi connectivity index (χ1) is 12.5. The average Bonchev–Trinajstić information content (AvgIpc) is 3.24. The summed E-state index contributed by atoms with van der Waals surface area (Å²) in [6.45, 7) is 2.52. The first-order valence-electron chi connectivity index (χ1n) is 8.78. The average molecular weight is 357 g/mol. The molecule has 0 bridgehead atoms. The van der Waals surface area contributed by atoms with Crippen LogP contribution in [-0.2, 0) is 4.79 Å². The van der Waals surface area contributed by atoms with Gasteiger partial charge in [-0.2, -0.15) is 5.10 Å². The number of hydrogen-bond donors (Lipinski definition) is 1. The van der Waals surface area contributed by atoms with E-state index >= 15 is 0 Å². The lowest BCUT2D eigenvalue weighted by atomic mass is 9.92. The third-order valence-corrected chi connectivity index (χ3v) is 5.51. The van der Waals surface area contributed by atoms with E-state index in [1.165, 1.54) is 18.3 Å². The molecule has 2 aromatic rings. The molecule has 6 nitrogen and oxygen atoms in total. The van der Waals surface area contributed by atoms with Gasteiger partial charge in [0.1, 0.15) is 5.82 Å². The minimum absolute atomic E-state index is 0.0453. The Bertz CT molecular complexity index is 857. The maximum atomic E-state index is 13.1. The lowest BCUT2D eigenvalue weighted by molar-refractivity contribution is -0.142. The molecule has 2 fully saturated rings. The fourth-order valence-corrected chi connectivity index (χ4v) is 3.89. The van der Waals surface area contributed by atoms with Crippen molar-refractivity contribution in [3.8, 4) is 5.69 Å². The van der Waals surface area contributed by atoms with Gasteiger partial charge in [0, 0.05) is 13.1 Å². The Hall–Kier alpha value is -2.70. The van der Waals surface area contributed by atoms with Crippen LogP contribution in [-0.4, -0.2) is 44.8 Å². The number of amides is 1. The van der Waals surface area contributed by atoms with Crippen LogP contribution in [0.4, 0.5) is 4.39 Å². The van der Waals surface area contributed by atoms with Crippen LogP contribution in [0.2, 0.25) is 0 Å². The standard InChI is InChI=1S/C19H20FN3O3/c1-11-15(8-21-23(11)14-6-4-13(20)5-7-14)18(24)22-9-16(12-2-3-12)17(10-22)19(25)26/h4-8,12,16-17H,2-3,9-10H2,1H3,(H,25,26)/t16-,17+/m1/s1. The van der Waals surface area contributed by atoms with Crippen molar-refractivity contribution in [1.29, 1.82) is 0 Å². The summed E-state index contributed by atoms with van der Waals surface area (Å²) in [4.78, 5) is 26.1. The molecule has 4 rings (SSSR count). The number of nitrogens with zero attached hydrogens (tertiary/aromatic N) is 3. The van der Waals surface area contributed by atoms with Gasteiger partial charge in [-0.05, 0) is 55.9 Å². The second kappa shape index (κ2) is 6.23. The van der Waals surface area contributed by atoms with Crippen molar-refractivity contribution in [3.05, 3.63) is 47.5 Å². The molecule has 1 saturated heterocycles. The van der Waals surface area contributed by atoms with Crippen LogP contribution in [0.15, 0.2) is 30.5 Å². The molecule has 1 N–H and O–H groups in total. The van der Waals surface area contributed by atoms with Crippen LogP contribution in [0.3, 0.4) is 0 Å².